The molecule has 110 valence electrons. The predicted octanol–water partition coefficient (Wildman–Crippen LogP) is -0.549. The van der Waals surface area contributed by atoms with Gasteiger partial charge in [0, 0.05) is 5.56 Å². The van der Waals surface area contributed by atoms with Gasteiger partial charge in [-0.2, -0.15) is 8.42 Å². The first-order valence-corrected chi connectivity index (χ1v) is 7.16. The van der Waals surface area contributed by atoms with Crippen molar-refractivity contribution in [2.24, 2.45) is 0 Å². The Bertz CT molecular complexity index is 706. The number of hydrogen-bond acceptors (Lipinski definition) is 2. The third-order valence-corrected chi connectivity index (χ3v) is 3.89. The summed E-state index contributed by atoms with van der Waals surface area (Å²) in [6.07, 6.45) is 5.19. The Balaban J connectivity index is 0.00000400. The van der Waals surface area contributed by atoms with Gasteiger partial charge in [0.05, 0.1) is 0 Å². The van der Waals surface area contributed by atoms with E-state index in [-0.39, 0.29) is 79.2 Å². The minimum atomic E-state index is -5.38. The molecule has 0 saturated carbocycles. The summed E-state index contributed by atoms with van der Waals surface area (Å²) in [5.41, 5.74) is -1.43. The molecular weight excluding hydrogens is 334 g/mol. The second-order valence-corrected chi connectivity index (χ2v) is 5.91. The van der Waals surface area contributed by atoms with E-state index in [4.69, 9.17) is 6.42 Å². The summed E-state index contributed by atoms with van der Waals surface area (Å²) in [7, 11) is -4.95. The molecule has 9 heteroatoms. The van der Waals surface area contributed by atoms with Crippen LogP contribution in [0.25, 0.3) is 0 Å². The summed E-state index contributed by atoms with van der Waals surface area (Å²) in [4.78, 5) is 0. The Kier molecular flexibility index (Phi) is 7.20. The van der Waals surface area contributed by atoms with Gasteiger partial charge in [-0.25, -0.2) is 0 Å². The van der Waals surface area contributed by atoms with E-state index in [9.17, 15) is 25.3 Å². The summed E-state index contributed by atoms with van der Waals surface area (Å²) in [6.45, 7) is -1.62. The SMILES string of the molecule is C#Cc1c(C)c(CS(=O)(=O)F)c(C)c([B-](F)(F)F)c1C.[K+]. The van der Waals surface area contributed by atoms with Gasteiger partial charge in [0.15, 0.2) is 0 Å². The Morgan fingerprint density at radius 3 is 1.90 bits per heavy atom. The monoisotopic (exact) mass is 346 g/mol. The van der Waals surface area contributed by atoms with Gasteiger partial charge in [-0.05, 0) is 31.9 Å². The van der Waals surface area contributed by atoms with Crippen molar-refractivity contribution in [1.29, 1.82) is 0 Å². The van der Waals surface area contributed by atoms with E-state index in [1.165, 1.54) is 13.8 Å². The topological polar surface area (TPSA) is 34.1 Å². The van der Waals surface area contributed by atoms with E-state index in [1.807, 2.05) is 0 Å². The van der Waals surface area contributed by atoms with Crippen LogP contribution in [0.4, 0.5) is 16.8 Å². The Morgan fingerprint density at radius 1 is 1.10 bits per heavy atom. The molecule has 0 radical (unpaired) electrons. The molecule has 0 N–H and O–H groups in total. The van der Waals surface area contributed by atoms with Crippen molar-refractivity contribution in [2.75, 3.05) is 0 Å². The average Bonchev–Trinajstić information content (AvgIpc) is 2.21. The summed E-state index contributed by atoms with van der Waals surface area (Å²) < 4.78 is 73.7. The number of hydrogen-bond donors (Lipinski definition) is 0. The van der Waals surface area contributed by atoms with Gasteiger partial charge < -0.3 is 12.9 Å². The first-order chi connectivity index (χ1) is 8.90. The van der Waals surface area contributed by atoms with Crippen LogP contribution in [0, 0.1) is 33.1 Å². The van der Waals surface area contributed by atoms with Gasteiger partial charge in [-0.3, -0.25) is 0 Å². The summed E-state index contributed by atoms with van der Waals surface area (Å²) >= 11 is 0. The number of benzene rings is 1. The minimum Gasteiger partial charge on any atom is -0.445 e. The smallest absolute Gasteiger partial charge is 0.445 e. The van der Waals surface area contributed by atoms with E-state index in [2.05, 4.69) is 5.92 Å². The molecule has 0 bridgehead atoms. The van der Waals surface area contributed by atoms with Crippen molar-refractivity contribution in [3.63, 3.8) is 0 Å². The summed E-state index contributed by atoms with van der Waals surface area (Å²) in [5.74, 6) is 1.01. The Hall–Kier alpha value is 0.151. The number of halogens is 4. The van der Waals surface area contributed by atoms with Crippen molar-refractivity contribution < 1.29 is 76.6 Å². The molecule has 0 amide bonds. The van der Waals surface area contributed by atoms with Gasteiger partial charge in [0.25, 0.3) is 0 Å². The van der Waals surface area contributed by atoms with Crippen molar-refractivity contribution in [3.8, 4) is 12.3 Å². The van der Waals surface area contributed by atoms with Crippen LogP contribution in [-0.4, -0.2) is 15.4 Å². The molecule has 0 spiro atoms. The van der Waals surface area contributed by atoms with Crippen LogP contribution in [-0.2, 0) is 16.0 Å². The Labute approximate surface area is 164 Å². The van der Waals surface area contributed by atoms with E-state index in [0.717, 1.165) is 6.92 Å². The molecule has 0 heterocycles. The van der Waals surface area contributed by atoms with Crippen LogP contribution in [0.3, 0.4) is 0 Å². The van der Waals surface area contributed by atoms with E-state index in [0.29, 0.717) is 0 Å². The normalized spacial score (nSPS) is 11.7. The third kappa shape index (κ3) is 4.81. The minimum absolute atomic E-state index is 0. The van der Waals surface area contributed by atoms with Gasteiger partial charge in [-0.15, -0.1) is 15.8 Å². The predicted molar refractivity (Wildman–Crippen MR) is 71.0 cm³/mol. The molecule has 1 rings (SSSR count). The molecule has 0 aliphatic rings. The van der Waals surface area contributed by atoms with E-state index < -0.39 is 28.4 Å². The number of rotatable bonds is 3. The van der Waals surface area contributed by atoms with Gasteiger partial charge in [-0.1, -0.05) is 17.0 Å². The van der Waals surface area contributed by atoms with Crippen LogP contribution in [0.1, 0.15) is 27.8 Å². The fourth-order valence-corrected chi connectivity index (χ4v) is 3.17. The molecule has 0 fully saturated rings. The molecule has 0 aliphatic carbocycles. The average molecular weight is 346 g/mol. The maximum atomic E-state index is 13.1. The zero-order valence-corrected chi connectivity index (χ0v) is 16.0. The van der Waals surface area contributed by atoms with E-state index in [1.54, 1.807) is 0 Å². The van der Waals surface area contributed by atoms with Crippen molar-refractivity contribution >= 4 is 22.7 Å². The first kappa shape index (κ1) is 21.2. The largest absolute Gasteiger partial charge is 1.00 e. The molecular formula is C12H12BF4KO2S. The van der Waals surface area contributed by atoms with Gasteiger partial charge in [0.1, 0.15) is 5.75 Å². The fourth-order valence-electron chi connectivity index (χ4n) is 2.39. The second kappa shape index (κ2) is 7.15. The zero-order chi connectivity index (χ0) is 15.9. The van der Waals surface area contributed by atoms with E-state index >= 15 is 0 Å². The molecule has 0 aromatic heterocycles. The molecule has 1 aromatic rings. The van der Waals surface area contributed by atoms with Gasteiger partial charge in [0.2, 0.25) is 0 Å². The quantitative estimate of drug-likeness (QED) is 0.319. The molecule has 0 unspecified atom stereocenters. The third-order valence-electron chi connectivity index (χ3n) is 3.25. The molecule has 0 aliphatic heterocycles. The van der Waals surface area contributed by atoms with Crippen LogP contribution in [0.15, 0.2) is 0 Å². The maximum absolute atomic E-state index is 13.1. The van der Waals surface area contributed by atoms with Crippen LogP contribution < -0.4 is 56.8 Å². The Morgan fingerprint density at radius 2 is 1.57 bits per heavy atom. The second-order valence-electron chi connectivity index (χ2n) is 4.54. The molecule has 2 nitrogen and oxygen atoms in total. The van der Waals surface area contributed by atoms with Crippen molar-refractivity contribution in [2.45, 2.75) is 26.5 Å². The molecule has 21 heavy (non-hydrogen) atoms. The van der Waals surface area contributed by atoms with Crippen molar-refractivity contribution in [1.82, 2.24) is 0 Å². The zero-order valence-electron chi connectivity index (χ0n) is 12.1. The summed E-state index contributed by atoms with van der Waals surface area (Å²) in [6, 6.07) is 0. The fraction of sp³-hybridized carbons (Fsp3) is 0.333. The summed E-state index contributed by atoms with van der Waals surface area (Å²) in [5, 5.41) is 0. The van der Waals surface area contributed by atoms with Crippen LogP contribution >= 0.6 is 0 Å². The molecule has 0 atom stereocenters. The van der Waals surface area contributed by atoms with Crippen LogP contribution in [0.5, 0.6) is 0 Å². The standard InChI is InChI=1S/C12H12BF4O2S.K/c1-5-10-7(2)11(6-20(17,18)19)9(4)12(8(10)3)13(14,15)16;/h1H,6H2,2-4H3;/q-1;+1. The molecule has 0 saturated heterocycles. The maximum Gasteiger partial charge on any atom is 1.00 e. The van der Waals surface area contributed by atoms with Crippen LogP contribution in [0.2, 0.25) is 0 Å². The van der Waals surface area contributed by atoms with Gasteiger partial charge >= 0.3 is 68.6 Å². The first-order valence-electron chi connectivity index (χ1n) is 5.61. The number of terminal acetylenes is 1. The molecule has 1 aromatic carbocycles. The van der Waals surface area contributed by atoms with Crippen molar-refractivity contribution in [3.05, 3.63) is 27.8 Å².